The molecule has 108 valence electrons. The molecule has 2 aromatic rings. The maximum Gasteiger partial charge on any atom is 0.207 e. The molecule has 1 N–H and O–H groups in total. The van der Waals surface area contributed by atoms with Crippen molar-refractivity contribution in [2.75, 3.05) is 19.0 Å². The molecule has 0 radical (unpaired) electrons. The fourth-order valence-electron chi connectivity index (χ4n) is 1.95. The highest BCUT2D eigenvalue weighted by atomic mass is 35.5. The smallest absolute Gasteiger partial charge is 0.207 e. The van der Waals surface area contributed by atoms with Crippen LogP contribution in [0.1, 0.15) is 12.1 Å². The largest absolute Gasteiger partial charge is 0.385 e. The Morgan fingerprint density at radius 2 is 2.20 bits per heavy atom. The number of aromatic nitrogens is 2. The van der Waals surface area contributed by atoms with Gasteiger partial charge >= 0.3 is 0 Å². The van der Waals surface area contributed by atoms with Crippen LogP contribution in [0.3, 0.4) is 0 Å². The van der Waals surface area contributed by atoms with E-state index in [1.165, 1.54) is 12.1 Å². The Hall–Kier alpha value is -1.59. The molecule has 1 aromatic carbocycles. The molecular formula is C14H17ClFN3O. The van der Waals surface area contributed by atoms with Gasteiger partial charge in [-0.1, -0.05) is 11.6 Å². The van der Waals surface area contributed by atoms with Gasteiger partial charge in [-0.2, -0.15) is 0 Å². The van der Waals surface area contributed by atoms with Crippen LogP contribution in [0.4, 0.5) is 16.0 Å². The Bertz CT molecular complexity index is 566. The van der Waals surface area contributed by atoms with Crippen molar-refractivity contribution >= 4 is 23.2 Å². The SMILES string of the molecule is COCCCn1cc(C)nc1Nc1cc(F)cc(Cl)c1. The van der Waals surface area contributed by atoms with Crippen molar-refractivity contribution in [3.05, 3.63) is 40.9 Å². The van der Waals surface area contributed by atoms with E-state index in [-0.39, 0.29) is 5.82 Å². The Morgan fingerprint density at radius 1 is 1.40 bits per heavy atom. The number of hydrogen-bond donors (Lipinski definition) is 1. The van der Waals surface area contributed by atoms with E-state index in [2.05, 4.69) is 10.3 Å². The summed E-state index contributed by atoms with van der Waals surface area (Å²) < 4.78 is 20.3. The first kappa shape index (κ1) is 14.8. The Labute approximate surface area is 122 Å². The number of hydrogen-bond acceptors (Lipinski definition) is 3. The van der Waals surface area contributed by atoms with Crippen molar-refractivity contribution in [1.29, 1.82) is 0 Å². The van der Waals surface area contributed by atoms with E-state index in [0.29, 0.717) is 23.3 Å². The molecule has 0 amide bonds. The van der Waals surface area contributed by atoms with Crippen LogP contribution in [0.5, 0.6) is 0 Å². The molecule has 0 saturated heterocycles. The van der Waals surface area contributed by atoms with Gasteiger partial charge in [-0.05, 0) is 31.5 Å². The van der Waals surface area contributed by atoms with E-state index in [0.717, 1.165) is 18.7 Å². The first-order valence-electron chi connectivity index (χ1n) is 6.34. The number of anilines is 2. The monoisotopic (exact) mass is 297 g/mol. The minimum Gasteiger partial charge on any atom is -0.385 e. The standard InChI is InChI=1S/C14H17ClFN3O/c1-10-9-19(4-3-5-20-2)14(17-10)18-13-7-11(15)6-12(16)8-13/h6-9H,3-5H2,1-2H3,(H,17,18). The lowest BCUT2D eigenvalue weighted by Gasteiger charge is -2.10. The van der Waals surface area contributed by atoms with Crippen molar-refractivity contribution in [3.8, 4) is 0 Å². The molecule has 1 heterocycles. The third kappa shape index (κ3) is 3.95. The van der Waals surface area contributed by atoms with Gasteiger partial charge in [0.25, 0.3) is 0 Å². The summed E-state index contributed by atoms with van der Waals surface area (Å²) in [6.07, 6.45) is 2.82. The number of aryl methyl sites for hydroxylation is 2. The summed E-state index contributed by atoms with van der Waals surface area (Å²) in [7, 11) is 1.67. The summed E-state index contributed by atoms with van der Waals surface area (Å²) >= 11 is 5.84. The van der Waals surface area contributed by atoms with E-state index in [1.54, 1.807) is 13.2 Å². The zero-order chi connectivity index (χ0) is 14.5. The van der Waals surface area contributed by atoms with Gasteiger partial charge in [-0.15, -0.1) is 0 Å². The van der Waals surface area contributed by atoms with Gasteiger partial charge in [0.1, 0.15) is 5.82 Å². The van der Waals surface area contributed by atoms with Crippen molar-refractivity contribution in [2.45, 2.75) is 19.9 Å². The number of ether oxygens (including phenoxy) is 1. The van der Waals surface area contributed by atoms with E-state index < -0.39 is 0 Å². The highest BCUT2D eigenvalue weighted by Gasteiger charge is 2.07. The molecule has 0 saturated carbocycles. The molecule has 0 unspecified atom stereocenters. The summed E-state index contributed by atoms with van der Waals surface area (Å²) in [5, 5.41) is 3.44. The van der Waals surface area contributed by atoms with Gasteiger partial charge in [0.05, 0.1) is 5.69 Å². The summed E-state index contributed by atoms with van der Waals surface area (Å²) in [5.41, 5.74) is 1.47. The van der Waals surface area contributed by atoms with Gasteiger partial charge in [0, 0.05) is 37.2 Å². The maximum absolute atomic E-state index is 13.3. The van der Waals surface area contributed by atoms with E-state index >= 15 is 0 Å². The number of imidazole rings is 1. The van der Waals surface area contributed by atoms with Gasteiger partial charge in [-0.25, -0.2) is 9.37 Å². The molecule has 6 heteroatoms. The van der Waals surface area contributed by atoms with Crippen molar-refractivity contribution in [2.24, 2.45) is 0 Å². The molecule has 0 fully saturated rings. The number of nitrogens with zero attached hydrogens (tertiary/aromatic N) is 2. The number of nitrogens with one attached hydrogen (secondary N) is 1. The normalized spacial score (nSPS) is 10.8. The molecular weight excluding hydrogens is 281 g/mol. The van der Waals surface area contributed by atoms with E-state index in [4.69, 9.17) is 16.3 Å². The number of methoxy groups -OCH3 is 1. The Kier molecular flexibility index (Phi) is 4.98. The van der Waals surface area contributed by atoms with Crippen molar-refractivity contribution < 1.29 is 9.13 Å². The average Bonchev–Trinajstić information content (AvgIpc) is 2.68. The zero-order valence-electron chi connectivity index (χ0n) is 11.5. The number of benzene rings is 1. The molecule has 2 rings (SSSR count). The molecule has 0 aliphatic carbocycles. The minimum atomic E-state index is -0.380. The third-order valence-electron chi connectivity index (χ3n) is 2.76. The van der Waals surface area contributed by atoms with E-state index in [9.17, 15) is 4.39 Å². The molecule has 0 atom stereocenters. The Balaban J connectivity index is 2.15. The third-order valence-corrected chi connectivity index (χ3v) is 2.98. The summed E-state index contributed by atoms with van der Waals surface area (Å²) in [6, 6.07) is 4.31. The van der Waals surface area contributed by atoms with Crippen LogP contribution in [0.2, 0.25) is 5.02 Å². The lowest BCUT2D eigenvalue weighted by Crippen LogP contribution is -2.05. The van der Waals surface area contributed by atoms with Crippen LogP contribution in [-0.2, 0) is 11.3 Å². The predicted molar refractivity (Wildman–Crippen MR) is 78.1 cm³/mol. The molecule has 4 nitrogen and oxygen atoms in total. The first-order valence-corrected chi connectivity index (χ1v) is 6.72. The van der Waals surface area contributed by atoms with Gasteiger partial charge < -0.3 is 14.6 Å². The van der Waals surface area contributed by atoms with E-state index in [1.807, 2.05) is 17.7 Å². The topological polar surface area (TPSA) is 39.1 Å². The predicted octanol–water partition coefficient (Wildman–Crippen LogP) is 3.76. The molecule has 1 aromatic heterocycles. The van der Waals surface area contributed by atoms with Gasteiger partial charge in [-0.3, -0.25) is 0 Å². The first-order chi connectivity index (χ1) is 9.58. The Morgan fingerprint density at radius 3 is 2.90 bits per heavy atom. The second kappa shape index (κ2) is 6.72. The minimum absolute atomic E-state index is 0.349. The quantitative estimate of drug-likeness (QED) is 0.825. The molecule has 20 heavy (non-hydrogen) atoms. The number of halogens is 2. The van der Waals surface area contributed by atoms with Crippen LogP contribution in [0, 0.1) is 12.7 Å². The molecule has 0 spiro atoms. The lowest BCUT2D eigenvalue weighted by molar-refractivity contribution is 0.190. The second-order valence-corrected chi connectivity index (χ2v) is 4.97. The zero-order valence-corrected chi connectivity index (χ0v) is 12.2. The van der Waals surface area contributed by atoms with Crippen LogP contribution < -0.4 is 5.32 Å². The van der Waals surface area contributed by atoms with Gasteiger partial charge in [0.15, 0.2) is 0 Å². The second-order valence-electron chi connectivity index (χ2n) is 4.53. The maximum atomic E-state index is 13.3. The summed E-state index contributed by atoms with van der Waals surface area (Å²) in [6.45, 7) is 3.37. The number of rotatable bonds is 6. The summed E-state index contributed by atoms with van der Waals surface area (Å²) in [5.74, 6) is 0.287. The highest BCUT2D eigenvalue weighted by molar-refractivity contribution is 6.30. The fourth-order valence-corrected chi connectivity index (χ4v) is 2.17. The van der Waals surface area contributed by atoms with Crippen LogP contribution >= 0.6 is 11.6 Å². The van der Waals surface area contributed by atoms with Crippen molar-refractivity contribution in [3.63, 3.8) is 0 Å². The van der Waals surface area contributed by atoms with Crippen LogP contribution in [-0.4, -0.2) is 23.3 Å². The fraction of sp³-hybridized carbons (Fsp3) is 0.357. The highest BCUT2D eigenvalue weighted by Crippen LogP contribution is 2.22. The van der Waals surface area contributed by atoms with Crippen LogP contribution in [0.25, 0.3) is 0 Å². The molecule has 0 aliphatic rings. The molecule has 0 aliphatic heterocycles. The van der Waals surface area contributed by atoms with Gasteiger partial charge in [0.2, 0.25) is 5.95 Å². The average molecular weight is 298 g/mol. The van der Waals surface area contributed by atoms with Crippen molar-refractivity contribution in [1.82, 2.24) is 9.55 Å². The van der Waals surface area contributed by atoms with Crippen LogP contribution in [0.15, 0.2) is 24.4 Å². The summed E-state index contributed by atoms with van der Waals surface area (Å²) in [4.78, 5) is 4.39. The molecule has 0 bridgehead atoms. The lowest BCUT2D eigenvalue weighted by atomic mass is 10.3.